The standard InChI is InChI=1S/C13H17ClO/c1-7(2)10-5-9(15)6-12(14)13(10)11-4-8(11)3/h5-8,11,15H,4H2,1-3H3. The van der Waals surface area contributed by atoms with Crippen molar-refractivity contribution >= 4 is 11.6 Å². The summed E-state index contributed by atoms with van der Waals surface area (Å²) in [6.07, 6.45) is 1.23. The molecular weight excluding hydrogens is 208 g/mol. The fraction of sp³-hybridized carbons (Fsp3) is 0.538. The molecule has 0 amide bonds. The summed E-state index contributed by atoms with van der Waals surface area (Å²) in [5.41, 5.74) is 2.46. The van der Waals surface area contributed by atoms with Crippen molar-refractivity contribution in [2.75, 3.05) is 0 Å². The molecule has 0 bridgehead atoms. The zero-order valence-electron chi connectivity index (χ0n) is 9.42. The third-order valence-electron chi connectivity index (χ3n) is 3.25. The van der Waals surface area contributed by atoms with Gasteiger partial charge in [-0.3, -0.25) is 0 Å². The van der Waals surface area contributed by atoms with Gasteiger partial charge in [0.05, 0.1) is 0 Å². The van der Waals surface area contributed by atoms with Gasteiger partial charge in [0, 0.05) is 5.02 Å². The third-order valence-corrected chi connectivity index (χ3v) is 3.56. The predicted molar refractivity (Wildman–Crippen MR) is 63.7 cm³/mol. The van der Waals surface area contributed by atoms with E-state index in [1.807, 2.05) is 6.07 Å². The molecule has 2 rings (SSSR count). The van der Waals surface area contributed by atoms with E-state index in [0.717, 1.165) is 10.9 Å². The van der Waals surface area contributed by atoms with Crippen molar-refractivity contribution in [3.63, 3.8) is 0 Å². The largest absolute Gasteiger partial charge is 0.508 e. The summed E-state index contributed by atoms with van der Waals surface area (Å²) >= 11 is 6.22. The number of aromatic hydroxyl groups is 1. The molecule has 1 N–H and O–H groups in total. The highest BCUT2D eigenvalue weighted by molar-refractivity contribution is 6.31. The zero-order chi connectivity index (χ0) is 11.2. The smallest absolute Gasteiger partial charge is 0.117 e. The van der Waals surface area contributed by atoms with Gasteiger partial charge in [0.2, 0.25) is 0 Å². The Morgan fingerprint density at radius 1 is 1.40 bits per heavy atom. The number of hydrogen-bond acceptors (Lipinski definition) is 1. The van der Waals surface area contributed by atoms with Gasteiger partial charge in [0.15, 0.2) is 0 Å². The van der Waals surface area contributed by atoms with Crippen molar-refractivity contribution in [3.8, 4) is 5.75 Å². The summed E-state index contributed by atoms with van der Waals surface area (Å²) in [5.74, 6) is 2.04. The Bertz CT molecular complexity index is 384. The van der Waals surface area contributed by atoms with Gasteiger partial charge in [-0.2, -0.15) is 0 Å². The molecule has 82 valence electrons. The fourth-order valence-corrected chi connectivity index (χ4v) is 2.58. The van der Waals surface area contributed by atoms with E-state index in [9.17, 15) is 5.11 Å². The molecule has 1 nitrogen and oxygen atoms in total. The van der Waals surface area contributed by atoms with E-state index in [2.05, 4.69) is 20.8 Å². The Labute approximate surface area is 96.1 Å². The second-order valence-corrected chi connectivity index (χ2v) is 5.31. The van der Waals surface area contributed by atoms with E-state index in [4.69, 9.17) is 11.6 Å². The number of phenols is 1. The molecule has 0 saturated heterocycles. The van der Waals surface area contributed by atoms with Gasteiger partial charge in [-0.05, 0) is 47.4 Å². The van der Waals surface area contributed by atoms with Gasteiger partial charge in [0.25, 0.3) is 0 Å². The minimum atomic E-state index is 0.278. The number of halogens is 1. The summed E-state index contributed by atoms with van der Waals surface area (Å²) in [5, 5.41) is 10.3. The molecule has 0 aliphatic heterocycles. The number of rotatable bonds is 2. The Kier molecular flexibility index (Phi) is 2.68. The molecule has 1 fully saturated rings. The fourth-order valence-electron chi connectivity index (χ4n) is 2.22. The minimum Gasteiger partial charge on any atom is -0.508 e. The lowest BCUT2D eigenvalue weighted by Crippen LogP contribution is -1.96. The molecule has 1 aromatic carbocycles. The van der Waals surface area contributed by atoms with Gasteiger partial charge >= 0.3 is 0 Å². The molecule has 1 aromatic rings. The van der Waals surface area contributed by atoms with Gasteiger partial charge in [-0.25, -0.2) is 0 Å². The van der Waals surface area contributed by atoms with E-state index in [1.54, 1.807) is 6.07 Å². The van der Waals surface area contributed by atoms with Crippen LogP contribution < -0.4 is 0 Å². The van der Waals surface area contributed by atoms with Crippen LogP contribution in [0.25, 0.3) is 0 Å². The van der Waals surface area contributed by atoms with Crippen LogP contribution >= 0.6 is 11.6 Å². The van der Waals surface area contributed by atoms with Gasteiger partial charge < -0.3 is 5.11 Å². The van der Waals surface area contributed by atoms with Crippen LogP contribution in [0.4, 0.5) is 0 Å². The second kappa shape index (κ2) is 3.71. The van der Waals surface area contributed by atoms with Crippen LogP contribution in [-0.4, -0.2) is 5.11 Å². The van der Waals surface area contributed by atoms with Crippen LogP contribution in [0.1, 0.15) is 50.2 Å². The molecule has 0 heterocycles. The lowest BCUT2D eigenvalue weighted by Gasteiger charge is -2.15. The molecule has 0 radical (unpaired) electrons. The van der Waals surface area contributed by atoms with Crippen LogP contribution in [0, 0.1) is 5.92 Å². The minimum absolute atomic E-state index is 0.278. The summed E-state index contributed by atoms with van der Waals surface area (Å²) in [7, 11) is 0. The van der Waals surface area contributed by atoms with Crippen molar-refractivity contribution in [1.82, 2.24) is 0 Å². The third kappa shape index (κ3) is 1.98. The second-order valence-electron chi connectivity index (χ2n) is 4.90. The summed E-state index contributed by atoms with van der Waals surface area (Å²) in [4.78, 5) is 0. The molecular formula is C13H17ClO. The van der Waals surface area contributed by atoms with Crippen molar-refractivity contribution in [2.45, 2.75) is 39.0 Å². The van der Waals surface area contributed by atoms with Crippen molar-refractivity contribution in [2.24, 2.45) is 5.92 Å². The van der Waals surface area contributed by atoms with Crippen LogP contribution in [-0.2, 0) is 0 Å². The van der Waals surface area contributed by atoms with E-state index >= 15 is 0 Å². The van der Waals surface area contributed by atoms with Crippen molar-refractivity contribution in [1.29, 1.82) is 0 Å². The quantitative estimate of drug-likeness (QED) is 0.795. The molecule has 2 atom stereocenters. The number of hydrogen-bond donors (Lipinski definition) is 1. The van der Waals surface area contributed by atoms with E-state index in [-0.39, 0.29) is 5.75 Å². The van der Waals surface area contributed by atoms with Crippen LogP contribution in [0.2, 0.25) is 5.02 Å². The topological polar surface area (TPSA) is 20.2 Å². The predicted octanol–water partition coefficient (Wildman–Crippen LogP) is 4.29. The van der Waals surface area contributed by atoms with Gasteiger partial charge in [-0.1, -0.05) is 32.4 Å². The monoisotopic (exact) mass is 224 g/mol. The average Bonchev–Trinajstić information content (AvgIpc) is 2.80. The summed E-state index contributed by atoms with van der Waals surface area (Å²) in [6.45, 7) is 6.53. The maximum atomic E-state index is 9.55. The van der Waals surface area contributed by atoms with Crippen LogP contribution in [0.15, 0.2) is 12.1 Å². The molecule has 2 heteroatoms. The van der Waals surface area contributed by atoms with E-state index in [1.165, 1.54) is 17.5 Å². The molecule has 1 aliphatic rings. The first-order chi connectivity index (χ1) is 7.00. The van der Waals surface area contributed by atoms with Crippen molar-refractivity contribution in [3.05, 3.63) is 28.3 Å². The van der Waals surface area contributed by atoms with Gasteiger partial charge in [0.1, 0.15) is 5.75 Å². The first-order valence-electron chi connectivity index (χ1n) is 5.53. The average molecular weight is 225 g/mol. The van der Waals surface area contributed by atoms with Crippen LogP contribution in [0.5, 0.6) is 5.75 Å². The first-order valence-corrected chi connectivity index (χ1v) is 5.90. The first kappa shape index (κ1) is 10.8. The molecule has 1 saturated carbocycles. The summed E-state index contributed by atoms with van der Waals surface area (Å²) < 4.78 is 0. The zero-order valence-corrected chi connectivity index (χ0v) is 10.2. The molecule has 1 aliphatic carbocycles. The van der Waals surface area contributed by atoms with Crippen molar-refractivity contribution < 1.29 is 5.11 Å². The lowest BCUT2D eigenvalue weighted by atomic mass is 9.93. The highest BCUT2D eigenvalue weighted by Crippen LogP contribution is 2.52. The van der Waals surface area contributed by atoms with Crippen LogP contribution in [0.3, 0.4) is 0 Å². The highest BCUT2D eigenvalue weighted by atomic mass is 35.5. The molecule has 2 unspecified atom stereocenters. The Morgan fingerprint density at radius 3 is 2.47 bits per heavy atom. The lowest BCUT2D eigenvalue weighted by molar-refractivity contribution is 0.473. The number of benzene rings is 1. The van der Waals surface area contributed by atoms with E-state index < -0.39 is 0 Å². The molecule has 15 heavy (non-hydrogen) atoms. The Morgan fingerprint density at radius 2 is 2.00 bits per heavy atom. The Hall–Kier alpha value is -0.690. The normalized spacial score (nSPS) is 24.6. The maximum Gasteiger partial charge on any atom is 0.117 e. The summed E-state index contributed by atoms with van der Waals surface area (Å²) in [6, 6.07) is 3.52. The van der Waals surface area contributed by atoms with Gasteiger partial charge in [-0.15, -0.1) is 0 Å². The maximum absolute atomic E-state index is 9.55. The highest BCUT2D eigenvalue weighted by Gasteiger charge is 2.37. The SMILES string of the molecule is CC(C)c1cc(O)cc(Cl)c1C1CC1C. The molecule has 0 spiro atoms. The van der Waals surface area contributed by atoms with E-state index in [0.29, 0.717) is 11.8 Å². The Balaban J connectivity index is 2.50. The number of phenolic OH excluding ortho intramolecular Hbond substituents is 1. The molecule has 0 aromatic heterocycles.